The van der Waals surface area contributed by atoms with Gasteiger partial charge in [-0.2, -0.15) is 0 Å². The summed E-state index contributed by atoms with van der Waals surface area (Å²) in [6.07, 6.45) is 9.88. The molecule has 2 aromatic rings. The normalized spacial score (nSPS) is 21.1. The lowest BCUT2D eigenvalue weighted by Crippen LogP contribution is -2.42. The Morgan fingerprint density at radius 1 is 1.14 bits per heavy atom. The monoisotopic (exact) mass is 628 g/mol. The van der Waals surface area contributed by atoms with Crippen LogP contribution in [0.3, 0.4) is 0 Å². The highest BCUT2D eigenvalue weighted by Crippen LogP contribution is 2.31. The fraction of sp³-hybridized carbons (Fsp3) is 0.667. The van der Waals surface area contributed by atoms with Gasteiger partial charge in [0.15, 0.2) is 11.6 Å². The van der Waals surface area contributed by atoms with E-state index in [0.29, 0.717) is 29.6 Å². The number of nitrogens with one attached hydrogen (secondary N) is 2. The van der Waals surface area contributed by atoms with E-state index in [0.717, 1.165) is 43.3 Å². The number of allylic oxidation sites excluding steroid dienone is 1. The minimum Gasteiger partial charge on any atom is -0.326 e. The number of fused-ring (bicyclic) bond motifs is 1. The highest BCUT2D eigenvalue weighted by atomic mass is 32.2. The maximum absolute atomic E-state index is 15.2. The van der Waals surface area contributed by atoms with Gasteiger partial charge in [-0.05, 0) is 123 Å². The zero-order chi connectivity index (χ0) is 31.1. The summed E-state index contributed by atoms with van der Waals surface area (Å²) in [4.78, 5) is 15.2. The van der Waals surface area contributed by atoms with Gasteiger partial charge in [0.05, 0.1) is 18.4 Å². The number of rotatable bonds is 12. The molecule has 0 aliphatic carbocycles. The number of aromatic nitrogens is 2. The zero-order valence-corrected chi connectivity index (χ0v) is 27.5. The molecule has 1 aromatic heterocycles. The van der Waals surface area contributed by atoms with Crippen LogP contribution in [0.15, 0.2) is 27.9 Å². The zero-order valence-electron chi connectivity index (χ0n) is 26.7. The van der Waals surface area contributed by atoms with Crippen molar-refractivity contribution in [1.82, 2.24) is 29.4 Å². The maximum atomic E-state index is 15.2. The van der Waals surface area contributed by atoms with Crippen LogP contribution >= 0.6 is 11.9 Å². The first-order valence-electron chi connectivity index (χ1n) is 16.4. The summed E-state index contributed by atoms with van der Waals surface area (Å²) in [6, 6.07) is 3.43. The van der Waals surface area contributed by atoms with E-state index in [-0.39, 0.29) is 17.3 Å². The SMILES string of the molecule is C=N/C(=C(F)\C=N/CNC1CCN(SC2CCN(CCC3CCNCC3)CC2)CC1)c1cc(F)c2nc(C)n(C(C)C)c2c1. The molecule has 0 bridgehead atoms. The van der Waals surface area contributed by atoms with Gasteiger partial charge in [0.2, 0.25) is 0 Å². The van der Waals surface area contributed by atoms with Crippen LogP contribution in [0.5, 0.6) is 0 Å². The summed E-state index contributed by atoms with van der Waals surface area (Å²) in [5.74, 6) is 0.472. The number of aryl methyl sites for hydroxylation is 1. The average Bonchev–Trinajstić information content (AvgIpc) is 3.37. The Hall–Kier alpha value is -2.18. The van der Waals surface area contributed by atoms with E-state index in [1.807, 2.05) is 25.3 Å². The van der Waals surface area contributed by atoms with Gasteiger partial charge in [-0.15, -0.1) is 0 Å². The summed E-state index contributed by atoms with van der Waals surface area (Å²) < 4.78 is 34.5. The summed E-state index contributed by atoms with van der Waals surface area (Å²) >= 11 is 2.07. The fourth-order valence-electron chi connectivity index (χ4n) is 6.88. The Bertz CT molecular complexity index is 1300. The first kappa shape index (κ1) is 33.2. The van der Waals surface area contributed by atoms with Crippen molar-refractivity contribution in [3.8, 4) is 0 Å². The largest absolute Gasteiger partial charge is 0.326 e. The van der Waals surface area contributed by atoms with Gasteiger partial charge in [0, 0.05) is 36.0 Å². The van der Waals surface area contributed by atoms with Crippen molar-refractivity contribution in [3.05, 3.63) is 35.2 Å². The van der Waals surface area contributed by atoms with E-state index >= 15 is 4.39 Å². The molecule has 1 aromatic carbocycles. The second-order valence-corrected chi connectivity index (χ2v) is 14.2. The molecule has 242 valence electrons. The Balaban J connectivity index is 1.04. The molecule has 0 radical (unpaired) electrons. The van der Waals surface area contributed by atoms with Crippen molar-refractivity contribution in [2.24, 2.45) is 15.9 Å². The first-order valence-corrected chi connectivity index (χ1v) is 17.3. The third-order valence-corrected chi connectivity index (χ3v) is 10.8. The highest BCUT2D eigenvalue weighted by Gasteiger charge is 2.26. The summed E-state index contributed by atoms with van der Waals surface area (Å²) in [5, 5.41) is 7.65. The molecule has 4 heterocycles. The molecular formula is C33H50F2N8S. The average molecular weight is 629 g/mol. The second-order valence-electron chi connectivity index (χ2n) is 12.8. The molecule has 0 atom stereocenters. The fourth-order valence-corrected chi connectivity index (χ4v) is 8.15. The predicted molar refractivity (Wildman–Crippen MR) is 181 cm³/mol. The minimum absolute atomic E-state index is 0.0263. The van der Waals surface area contributed by atoms with Crippen LogP contribution in [0, 0.1) is 18.7 Å². The minimum atomic E-state index is -0.642. The lowest BCUT2D eigenvalue weighted by atomic mass is 9.94. The molecule has 0 amide bonds. The van der Waals surface area contributed by atoms with Crippen molar-refractivity contribution in [1.29, 1.82) is 0 Å². The molecule has 0 unspecified atom stereocenters. The molecule has 0 spiro atoms. The van der Waals surface area contributed by atoms with Crippen molar-refractivity contribution >= 4 is 41.6 Å². The van der Waals surface area contributed by atoms with Crippen molar-refractivity contribution in [2.45, 2.75) is 83.1 Å². The van der Waals surface area contributed by atoms with Gasteiger partial charge in [-0.3, -0.25) is 19.6 Å². The number of benzene rings is 1. The maximum Gasteiger partial charge on any atom is 0.167 e. The third kappa shape index (κ3) is 8.54. The van der Waals surface area contributed by atoms with Crippen LogP contribution in [0.2, 0.25) is 0 Å². The lowest BCUT2D eigenvalue weighted by molar-refractivity contribution is 0.205. The third-order valence-electron chi connectivity index (χ3n) is 9.37. The Labute approximate surface area is 266 Å². The number of imidazole rings is 1. The topological polar surface area (TPSA) is 73.1 Å². The smallest absolute Gasteiger partial charge is 0.167 e. The van der Waals surface area contributed by atoms with Gasteiger partial charge in [0.1, 0.15) is 17.0 Å². The predicted octanol–water partition coefficient (Wildman–Crippen LogP) is 5.99. The lowest BCUT2D eigenvalue weighted by Gasteiger charge is -2.37. The Morgan fingerprint density at radius 2 is 1.86 bits per heavy atom. The standard InChI is InChI=1S/C33H50F2N8S/c1-23(2)43-24(3)40-33-29(34)19-26(20-31(33)43)32(36-4)30(35)21-38-22-39-27-8-17-42(18-9-27)44-28-10-15-41(16-11-28)14-7-25-5-12-37-13-6-25/h19-21,23,25,27-28,37,39H,4-18,22H2,1-3H3/b32-30+,38-21-. The molecule has 8 nitrogen and oxygen atoms in total. The number of likely N-dealkylation sites (tertiary alicyclic amines) is 1. The number of halogens is 2. The van der Waals surface area contributed by atoms with Crippen molar-refractivity contribution in [2.75, 3.05) is 52.5 Å². The molecule has 0 saturated carbocycles. The summed E-state index contributed by atoms with van der Waals surface area (Å²) in [6.45, 7) is 17.9. The van der Waals surface area contributed by atoms with Crippen LogP contribution in [0.4, 0.5) is 8.78 Å². The quantitative estimate of drug-likeness (QED) is 0.222. The Morgan fingerprint density at radius 3 is 2.55 bits per heavy atom. The van der Waals surface area contributed by atoms with E-state index < -0.39 is 11.6 Å². The second kappa shape index (κ2) is 15.9. The van der Waals surface area contributed by atoms with Crippen LogP contribution in [0.25, 0.3) is 16.7 Å². The first-order chi connectivity index (χ1) is 21.3. The van der Waals surface area contributed by atoms with Crippen LogP contribution in [0.1, 0.15) is 76.2 Å². The van der Waals surface area contributed by atoms with Gasteiger partial charge in [-0.25, -0.2) is 13.8 Å². The summed E-state index contributed by atoms with van der Waals surface area (Å²) in [7, 11) is 0. The summed E-state index contributed by atoms with van der Waals surface area (Å²) in [5.41, 5.74) is 1.17. The van der Waals surface area contributed by atoms with Gasteiger partial charge in [-0.1, -0.05) is 11.9 Å². The molecule has 2 N–H and O–H groups in total. The molecule has 11 heteroatoms. The van der Waals surface area contributed by atoms with E-state index in [4.69, 9.17) is 0 Å². The van der Waals surface area contributed by atoms with E-state index in [1.54, 1.807) is 6.07 Å². The van der Waals surface area contributed by atoms with Crippen LogP contribution in [-0.4, -0.2) is 95.5 Å². The molecule has 5 rings (SSSR count). The number of piperidine rings is 3. The molecule has 44 heavy (non-hydrogen) atoms. The number of hydrogen-bond acceptors (Lipinski definition) is 8. The van der Waals surface area contributed by atoms with E-state index in [1.165, 1.54) is 70.9 Å². The molecule has 3 saturated heterocycles. The number of aliphatic imine (C=N–C) groups is 2. The van der Waals surface area contributed by atoms with Gasteiger partial charge >= 0.3 is 0 Å². The highest BCUT2D eigenvalue weighted by molar-refractivity contribution is 7.97. The van der Waals surface area contributed by atoms with Crippen molar-refractivity contribution < 1.29 is 8.78 Å². The van der Waals surface area contributed by atoms with Gasteiger partial charge < -0.3 is 14.8 Å². The molecule has 3 aliphatic rings. The molecule has 3 fully saturated rings. The van der Waals surface area contributed by atoms with Gasteiger partial charge in [0.25, 0.3) is 0 Å². The molecule has 3 aliphatic heterocycles. The number of hydrogen-bond donors (Lipinski definition) is 2. The Kier molecular flexibility index (Phi) is 12.0. The van der Waals surface area contributed by atoms with E-state index in [9.17, 15) is 4.39 Å². The van der Waals surface area contributed by atoms with Crippen molar-refractivity contribution in [3.63, 3.8) is 0 Å². The van der Waals surface area contributed by atoms with Crippen LogP contribution in [-0.2, 0) is 0 Å². The number of nitrogens with zero attached hydrogens (tertiary/aromatic N) is 6. The van der Waals surface area contributed by atoms with Crippen LogP contribution < -0.4 is 10.6 Å². The molecular weight excluding hydrogens is 578 g/mol. The van der Waals surface area contributed by atoms with E-state index in [2.05, 4.69) is 53.5 Å².